The summed E-state index contributed by atoms with van der Waals surface area (Å²) in [4.78, 5) is 16.1. The molecule has 1 saturated carbocycles. The van der Waals surface area contributed by atoms with Gasteiger partial charge in [-0.1, -0.05) is 49.4 Å². The molecule has 0 bridgehead atoms. The van der Waals surface area contributed by atoms with Crippen LogP contribution in [0, 0.1) is 11.2 Å². The van der Waals surface area contributed by atoms with Crippen LogP contribution in [0.2, 0.25) is 0 Å². The molecule has 4 aromatic rings. The Morgan fingerprint density at radius 3 is 2.35 bits per heavy atom. The third-order valence-electron chi connectivity index (χ3n) is 7.88. The molecule has 1 atom stereocenters. The highest BCUT2D eigenvalue weighted by atomic mass is 32.2. The van der Waals surface area contributed by atoms with Crippen LogP contribution in [-0.2, 0) is 14.8 Å². The Labute approximate surface area is 216 Å². The Hall–Kier alpha value is -3.49. The zero-order valence-corrected chi connectivity index (χ0v) is 21.4. The lowest BCUT2D eigenvalue weighted by Crippen LogP contribution is -2.48. The molecular formula is C29H30FN3O3S. The van der Waals surface area contributed by atoms with E-state index in [1.807, 2.05) is 43.3 Å². The second-order valence-corrected chi connectivity index (χ2v) is 11.7. The lowest BCUT2D eigenvalue weighted by molar-refractivity contribution is -0.131. The standard InChI is InChI=1S/C29H30FN3O3S/c1-19(20-7-9-23(30)10-8-20)29(28(31)34)15-13-24(14-16-29)33-37(35,36)25-11-12-26-22(17-25)18-27(32-26)21-5-3-2-4-6-21/h2-12,17-19,24,32-33H,13-16H2,1H3,(H2,31,34)/t19-,24?,29?/m1/s1. The van der Waals surface area contributed by atoms with E-state index in [9.17, 15) is 17.6 Å². The van der Waals surface area contributed by atoms with Gasteiger partial charge in [-0.25, -0.2) is 17.5 Å². The number of nitrogens with two attached hydrogens (primary N) is 1. The number of benzene rings is 3. The molecule has 5 rings (SSSR count). The molecule has 0 radical (unpaired) electrons. The van der Waals surface area contributed by atoms with Gasteiger partial charge in [0, 0.05) is 22.6 Å². The Morgan fingerprint density at radius 1 is 1.03 bits per heavy atom. The molecule has 6 nitrogen and oxygen atoms in total. The van der Waals surface area contributed by atoms with Gasteiger partial charge in [-0.15, -0.1) is 0 Å². The number of carbonyl (C=O) groups excluding carboxylic acids is 1. The number of H-pyrrole nitrogens is 1. The number of rotatable bonds is 7. The average molecular weight is 520 g/mol. The zero-order chi connectivity index (χ0) is 26.2. The minimum Gasteiger partial charge on any atom is -0.369 e. The van der Waals surface area contributed by atoms with E-state index in [0.29, 0.717) is 25.7 Å². The highest BCUT2D eigenvalue weighted by molar-refractivity contribution is 7.89. The molecule has 1 aliphatic rings. The molecule has 1 heterocycles. The maximum absolute atomic E-state index is 13.4. The first-order valence-corrected chi connectivity index (χ1v) is 13.9. The Bertz CT molecular complexity index is 1520. The van der Waals surface area contributed by atoms with Crippen LogP contribution in [-0.4, -0.2) is 25.4 Å². The first kappa shape index (κ1) is 25.2. The number of hydrogen-bond donors (Lipinski definition) is 3. The summed E-state index contributed by atoms with van der Waals surface area (Å²) in [6, 6.07) is 22.7. The van der Waals surface area contributed by atoms with Gasteiger partial charge < -0.3 is 10.7 Å². The van der Waals surface area contributed by atoms with Crippen molar-refractivity contribution in [1.82, 2.24) is 9.71 Å². The van der Waals surface area contributed by atoms with Crippen molar-refractivity contribution < 1.29 is 17.6 Å². The van der Waals surface area contributed by atoms with Gasteiger partial charge in [-0.2, -0.15) is 0 Å². The van der Waals surface area contributed by atoms with Crippen LogP contribution in [0.4, 0.5) is 4.39 Å². The molecule has 0 aliphatic heterocycles. The highest BCUT2D eigenvalue weighted by Crippen LogP contribution is 2.47. The summed E-state index contributed by atoms with van der Waals surface area (Å²) in [5, 5.41) is 0.811. The van der Waals surface area contributed by atoms with E-state index in [1.54, 1.807) is 30.3 Å². The van der Waals surface area contributed by atoms with Gasteiger partial charge in [-0.3, -0.25) is 4.79 Å². The van der Waals surface area contributed by atoms with E-state index in [0.717, 1.165) is 27.7 Å². The highest BCUT2D eigenvalue weighted by Gasteiger charge is 2.45. The van der Waals surface area contributed by atoms with Gasteiger partial charge in [0.15, 0.2) is 0 Å². The van der Waals surface area contributed by atoms with Crippen molar-refractivity contribution in [3.8, 4) is 11.3 Å². The number of sulfonamides is 1. The summed E-state index contributed by atoms with van der Waals surface area (Å²) in [5.74, 6) is -0.952. The van der Waals surface area contributed by atoms with Crippen molar-refractivity contribution in [3.05, 3.63) is 90.2 Å². The second-order valence-electron chi connectivity index (χ2n) is 9.99. The van der Waals surface area contributed by atoms with Crippen LogP contribution in [0.15, 0.2) is 83.8 Å². The molecule has 1 aromatic heterocycles. The van der Waals surface area contributed by atoms with E-state index in [2.05, 4.69) is 9.71 Å². The van der Waals surface area contributed by atoms with E-state index >= 15 is 0 Å². The Kier molecular flexibility index (Phi) is 6.64. The molecule has 0 saturated heterocycles. The number of carbonyl (C=O) groups is 1. The third kappa shape index (κ3) is 4.91. The summed E-state index contributed by atoms with van der Waals surface area (Å²) in [5.41, 5.74) is 8.71. The third-order valence-corrected chi connectivity index (χ3v) is 9.39. The minimum atomic E-state index is -3.76. The predicted octanol–water partition coefficient (Wildman–Crippen LogP) is 5.47. The molecule has 3 aromatic carbocycles. The molecule has 0 unspecified atom stereocenters. The number of nitrogens with one attached hydrogen (secondary N) is 2. The van der Waals surface area contributed by atoms with E-state index in [-0.39, 0.29) is 22.7 Å². The molecule has 0 spiro atoms. The molecule has 4 N–H and O–H groups in total. The normalized spacial score (nSPS) is 21.1. The van der Waals surface area contributed by atoms with Gasteiger partial charge in [0.05, 0.1) is 10.3 Å². The van der Waals surface area contributed by atoms with Crippen molar-refractivity contribution in [3.63, 3.8) is 0 Å². The summed E-state index contributed by atoms with van der Waals surface area (Å²) < 4.78 is 42.7. The summed E-state index contributed by atoms with van der Waals surface area (Å²) >= 11 is 0. The molecule has 37 heavy (non-hydrogen) atoms. The van der Waals surface area contributed by atoms with Crippen molar-refractivity contribution >= 4 is 26.8 Å². The number of hydrogen-bond acceptors (Lipinski definition) is 3. The molecule has 1 amide bonds. The second kappa shape index (κ2) is 9.76. The largest absolute Gasteiger partial charge is 0.369 e. The fraction of sp³-hybridized carbons (Fsp3) is 0.276. The van der Waals surface area contributed by atoms with Gasteiger partial charge in [0.25, 0.3) is 0 Å². The van der Waals surface area contributed by atoms with E-state index < -0.39 is 21.3 Å². The first-order chi connectivity index (χ1) is 17.7. The summed E-state index contributed by atoms with van der Waals surface area (Å²) in [6.07, 6.45) is 1.87. The fourth-order valence-corrected chi connectivity index (χ4v) is 6.89. The van der Waals surface area contributed by atoms with Crippen LogP contribution in [0.3, 0.4) is 0 Å². The van der Waals surface area contributed by atoms with Crippen LogP contribution in [0.1, 0.15) is 44.1 Å². The molecule has 1 aliphatic carbocycles. The number of aromatic nitrogens is 1. The summed E-state index contributed by atoms with van der Waals surface area (Å²) in [7, 11) is -3.76. The maximum Gasteiger partial charge on any atom is 0.240 e. The lowest BCUT2D eigenvalue weighted by atomic mass is 9.63. The topological polar surface area (TPSA) is 105 Å². The van der Waals surface area contributed by atoms with Crippen molar-refractivity contribution in [1.29, 1.82) is 0 Å². The van der Waals surface area contributed by atoms with Gasteiger partial charge in [-0.05, 0) is 79.1 Å². The first-order valence-electron chi connectivity index (χ1n) is 12.4. The lowest BCUT2D eigenvalue weighted by Gasteiger charge is -2.42. The minimum absolute atomic E-state index is 0.199. The number of amides is 1. The SMILES string of the molecule is C[C@H](c1ccc(F)cc1)C1(C(N)=O)CCC(NS(=O)(=O)c2ccc3[nH]c(-c4ccccc4)cc3c2)CC1. The molecule has 1 fully saturated rings. The van der Waals surface area contributed by atoms with Gasteiger partial charge >= 0.3 is 0 Å². The van der Waals surface area contributed by atoms with Crippen molar-refractivity contribution in [2.45, 2.75) is 49.5 Å². The monoisotopic (exact) mass is 519 g/mol. The van der Waals surface area contributed by atoms with Gasteiger partial charge in [0.1, 0.15) is 5.82 Å². The Balaban J connectivity index is 1.31. The summed E-state index contributed by atoms with van der Waals surface area (Å²) in [6.45, 7) is 1.93. The van der Waals surface area contributed by atoms with E-state index in [1.165, 1.54) is 12.1 Å². The van der Waals surface area contributed by atoms with Crippen LogP contribution < -0.4 is 10.5 Å². The van der Waals surface area contributed by atoms with Crippen molar-refractivity contribution in [2.24, 2.45) is 11.1 Å². The number of halogens is 1. The zero-order valence-electron chi connectivity index (χ0n) is 20.6. The van der Waals surface area contributed by atoms with Crippen LogP contribution in [0.25, 0.3) is 22.2 Å². The fourth-order valence-electron chi connectivity index (χ4n) is 5.55. The molecular weight excluding hydrogens is 489 g/mol. The van der Waals surface area contributed by atoms with Crippen LogP contribution in [0.5, 0.6) is 0 Å². The number of fused-ring (bicyclic) bond motifs is 1. The van der Waals surface area contributed by atoms with E-state index in [4.69, 9.17) is 5.73 Å². The average Bonchev–Trinajstić information content (AvgIpc) is 3.33. The van der Waals surface area contributed by atoms with Crippen molar-refractivity contribution in [2.75, 3.05) is 0 Å². The van der Waals surface area contributed by atoms with Crippen LogP contribution >= 0.6 is 0 Å². The number of primary amides is 1. The predicted molar refractivity (Wildman–Crippen MR) is 143 cm³/mol. The maximum atomic E-state index is 13.4. The van der Waals surface area contributed by atoms with Gasteiger partial charge in [0.2, 0.25) is 15.9 Å². The Morgan fingerprint density at radius 2 is 1.70 bits per heavy atom. The number of aromatic amines is 1. The molecule has 192 valence electrons. The smallest absolute Gasteiger partial charge is 0.240 e. The quantitative estimate of drug-likeness (QED) is 0.301. The molecule has 8 heteroatoms.